The first kappa shape index (κ1) is 18.2. The Morgan fingerprint density at radius 2 is 1.71 bits per heavy atom. The molecule has 128 valence electrons. The Morgan fingerprint density at radius 1 is 1.08 bits per heavy atom. The predicted octanol–water partition coefficient (Wildman–Crippen LogP) is 2.69. The number of nitrogens with one attached hydrogen (secondary N) is 3. The zero-order chi connectivity index (χ0) is 17.5. The lowest BCUT2D eigenvalue weighted by Gasteiger charge is -2.18. The molecule has 2 rings (SSSR count). The normalized spacial score (nSPS) is 10.7. The molecule has 6 nitrogen and oxygen atoms in total. The van der Waals surface area contributed by atoms with E-state index in [-0.39, 0.29) is 5.91 Å². The highest BCUT2D eigenvalue weighted by Gasteiger charge is 2.11. The van der Waals surface area contributed by atoms with E-state index < -0.39 is 5.91 Å². The quantitative estimate of drug-likeness (QED) is 0.661. The van der Waals surface area contributed by atoms with Gasteiger partial charge in [0, 0.05) is 22.8 Å². The van der Waals surface area contributed by atoms with Gasteiger partial charge in [0.1, 0.15) is 5.69 Å². The summed E-state index contributed by atoms with van der Waals surface area (Å²) in [4.78, 5) is 29.0. The van der Waals surface area contributed by atoms with Crippen molar-refractivity contribution in [1.82, 2.24) is 20.7 Å². The number of aromatic nitrogens is 1. The molecule has 2 amide bonds. The highest BCUT2D eigenvalue weighted by molar-refractivity contribution is 9.10. The molecule has 0 radical (unpaired) electrons. The summed E-state index contributed by atoms with van der Waals surface area (Å²) in [6.07, 6.45) is 1.64. The molecule has 2 aromatic rings. The molecule has 0 saturated heterocycles. The van der Waals surface area contributed by atoms with Crippen LogP contribution < -0.4 is 10.9 Å². The van der Waals surface area contributed by atoms with Gasteiger partial charge in [-0.25, -0.2) is 0 Å². The fraction of sp³-hybridized carbons (Fsp3) is 0.294. The third-order valence-corrected chi connectivity index (χ3v) is 4.16. The average molecular weight is 393 g/mol. The van der Waals surface area contributed by atoms with Gasteiger partial charge < -0.3 is 4.98 Å². The molecule has 1 aromatic carbocycles. The maximum Gasteiger partial charge on any atom is 0.286 e. The second-order valence-corrected chi connectivity index (χ2v) is 6.21. The van der Waals surface area contributed by atoms with Crippen molar-refractivity contribution in [3.05, 3.63) is 57.8 Å². The van der Waals surface area contributed by atoms with E-state index in [4.69, 9.17) is 0 Å². The third kappa shape index (κ3) is 4.94. The topological polar surface area (TPSA) is 77.2 Å². The number of rotatable bonds is 6. The highest BCUT2D eigenvalue weighted by Crippen LogP contribution is 2.10. The Balaban J connectivity index is 1.89. The number of halogens is 1. The fourth-order valence-corrected chi connectivity index (χ4v) is 2.56. The number of nitrogens with zero attached hydrogens (tertiary/aromatic N) is 1. The number of aromatic amines is 1. The number of hydrogen-bond acceptors (Lipinski definition) is 3. The first-order valence-electron chi connectivity index (χ1n) is 7.79. The van der Waals surface area contributed by atoms with E-state index in [9.17, 15) is 9.59 Å². The highest BCUT2D eigenvalue weighted by atomic mass is 79.9. The molecular weight excluding hydrogens is 372 g/mol. The molecule has 0 aliphatic heterocycles. The van der Waals surface area contributed by atoms with E-state index in [1.807, 2.05) is 12.1 Å². The second-order valence-electron chi connectivity index (χ2n) is 5.30. The van der Waals surface area contributed by atoms with Gasteiger partial charge in [-0.05, 0) is 52.8 Å². The van der Waals surface area contributed by atoms with Gasteiger partial charge in [0.15, 0.2) is 0 Å². The summed E-state index contributed by atoms with van der Waals surface area (Å²) < 4.78 is 0.766. The number of benzene rings is 1. The lowest BCUT2D eigenvalue weighted by molar-refractivity contribution is 0.0844. The lowest BCUT2D eigenvalue weighted by atomic mass is 10.1. The standard InChI is InChI=1S/C17H21BrN4O2/c1-3-22(4-2)11-12-5-7-13(8-6-12)16(23)20-21-17(24)15-9-14(18)10-19-15/h5-10,19H,3-4,11H2,1-2H3,(H,20,23)(H,21,24). The molecule has 24 heavy (non-hydrogen) atoms. The van der Waals surface area contributed by atoms with E-state index in [0.29, 0.717) is 11.3 Å². The Labute approximate surface area is 149 Å². The summed E-state index contributed by atoms with van der Waals surface area (Å²) in [7, 11) is 0. The molecule has 0 saturated carbocycles. The van der Waals surface area contributed by atoms with Crippen LogP contribution in [0, 0.1) is 0 Å². The van der Waals surface area contributed by atoms with E-state index >= 15 is 0 Å². The number of carbonyl (C=O) groups excluding carboxylic acids is 2. The minimum atomic E-state index is -0.410. The van der Waals surface area contributed by atoms with Crippen molar-refractivity contribution in [2.75, 3.05) is 13.1 Å². The zero-order valence-electron chi connectivity index (χ0n) is 13.7. The molecule has 1 heterocycles. The van der Waals surface area contributed by atoms with Crippen LogP contribution in [-0.2, 0) is 6.54 Å². The molecule has 0 aliphatic rings. The van der Waals surface area contributed by atoms with Gasteiger partial charge in [0.2, 0.25) is 0 Å². The number of H-pyrrole nitrogens is 1. The van der Waals surface area contributed by atoms with Crippen LogP contribution in [0.4, 0.5) is 0 Å². The monoisotopic (exact) mass is 392 g/mol. The van der Waals surface area contributed by atoms with Crippen molar-refractivity contribution in [3.8, 4) is 0 Å². The molecule has 3 N–H and O–H groups in total. The zero-order valence-corrected chi connectivity index (χ0v) is 15.3. The Morgan fingerprint density at radius 3 is 2.25 bits per heavy atom. The van der Waals surface area contributed by atoms with Crippen LogP contribution in [0.1, 0.15) is 40.3 Å². The van der Waals surface area contributed by atoms with Crippen LogP contribution in [-0.4, -0.2) is 34.8 Å². The van der Waals surface area contributed by atoms with Crippen molar-refractivity contribution in [3.63, 3.8) is 0 Å². The van der Waals surface area contributed by atoms with E-state index in [1.54, 1.807) is 24.4 Å². The van der Waals surface area contributed by atoms with Gasteiger partial charge >= 0.3 is 0 Å². The van der Waals surface area contributed by atoms with Crippen molar-refractivity contribution in [2.24, 2.45) is 0 Å². The summed E-state index contributed by atoms with van der Waals surface area (Å²) >= 11 is 3.25. The lowest BCUT2D eigenvalue weighted by Crippen LogP contribution is -2.41. The SMILES string of the molecule is CCN(CC)Cc1ccc(C(=O)NNC(=O)c2cc(Br)c[nH]2)cc1. The van der Waals surface area contributed by atoms with Crippen LogP contribution in [0.2, 0.25) is 0 Å². The first-order chi connectivity index (χ1) is 11.5. The third-order valence-electron chi connectivity index (χ3n) is 3.70. The number of amides is 2. The molecule has 0 fully saturated rings. The number of carbonyl (C=O) groups is 2. The fourth-order valence-electron chi connectivity index (χ4n) is 2.22. The summed E-state index contributed by atoms with van der Waals surface area (Å²) in [6, 6.07) is 8.99. The Hall–Kier alpha value is -2.12. The van der Waals surface area contributed by atoms with Gasteiger partial charge in [0.05, 0.1) is 0 Å². The summed E-state index contributed by atoms with van der Waals surface area (Å²) in [5, 5.41) is 0. The van der Waals surface area contributed by atoms with Gasteiger partial charge in [-0.3, -0.25) is 25.3 Å². The summed E-state index contributed by atoms with van der Waals surface area (Å²) in [5.74, 6) is -0.768. The molecule has 0 unspecified atom stereocenters. The van der Waals surface area contributed by atoms with Gasteiger partial charge in [-0.15, -0.1) is 0 Å². The van der Waals surface area contributed by atoms with E-state index in [2.05, 4.69) is 50.5 Å². The van der Waals surface area contributed by atoms with E-state index in [0.717, 1.165) is 29.7 Å². The van der Waals surface area contributed by atoms with Gasteiger partial charge in [-0.1, -0.05) is 26.0 Å². The smallest absolute Gasteiger partial charge is 0.286 e. The summed E-state index contributed by atoms with van der Waals surface area (Å²) in [5.41, 5.74) is 6.78. The van der Waals surface area contributed by atoms with Crippen LogP contribution in [0.15, 0.2) is 41.0 Å². The van der Waals surface area contributed by atoms with Gasteiger partial charge in [-0.2, -0.15) is 0 Å². The maximum absolute atomic E-state index is 12.1. The Kier molecular flexibility index (Phi) is 6.57. The van der Waals surface area contributed by atoms with Crippen LogP contribution in [0.25, 0.3) is 0 Å². The van der Waals surface area contributed by atoms with E-state index in [1.165, 1.54) is 0 Å². The predicted molar refractivity (Wildman–Crippen MR) is 96.5 cm³/mol. The molecule has 7 heteroatoms. The summed E-state index contributed by atoms with van der Waals surface area (Å²) in [6.45, 7) is 7.07. The average Bonchev–Trinajstić information content (AvgIpc) is 3.04. The van der Waals surface area contributed by atoms with Gasteiger partial charge in [0.25, 0.3) is 11.8 Å². The second kappa shape index (κ2) is 8.65. The molecule has 0 aliphatic carbocycles. The van der Waals surface area contributed by atoms with Crippen molar-refractivity contribution >= 4 is 27.7 Å². The molecule has 0 spiro atoms. The molecule has 1 aromatic heterocycles. The first-order valence-corrected chi connectivity index (χ1v) is 8.58. The molecular formula is C17H21BrN4O2. The van der Waals surface area contributed by atoms with Crippen molar-refractivity contribution in [1.29, 1.82) is 0 Å². The van der Waals surface area contributed by atoms with Crippen LogP contribution in [0.3, 0.4) is 0 Å². The van der Waals surface area contributed by atoms with Crippen LogP contribution >= 0.6 is 15.9 Å². The Bertz CT molecular complexity index is 693. The van der Waals surface area contributed by atoms with Crippen molar-refractivity contribution in [2.45, 2.75) is 20.4 Å². The largest absolute Gasteiger partial charge is 0.356 e. The van der Waals surface area contributed by atoms with Crippen molar-refractivity contribution < 1.29 is 9.59 Å². The molecule has 0 bridgehead atoms. The minimum absolute atomic E-state index is 0.358. The molecule has 0 atom stereocenters. The maximum atomic E-state index is 12.1. The number of hydrogen-bond donors (Lipinski definition) is 3. The minimum Gasteiger partial charge on any atom is -0.356 e. The number of hydrazine groups is 1. The van der Waals surface area contributed by atoms with Crippen LogP contribution in [0.5, 0.6) is 0 Å².